The Bertz CT molecular complexity index is 743. The zero-order valence-corrected chi connectivity index (χ0v) is 12.9. The van der Waals surface area contributed by atoms with Gasteiger partial charge in [0.25, 0.3) is 0 Å². The maximum atomic E-state index is 9.42. The summed E-state index contributed by atoms with van der Waals surface area (Å²) in [5, 5.41) is 9.42. The molecule has 1 fully saturated rings. The van der Waals surface area contributed by atoms with Crippen molar-refractivity contribution in [2.75, 3.05) is 0 Å². The van der Waals surface area contributed by atoms with E-state index in [1.54, 1.807) is 0 Å². The van der Waals surface area contributed by atoms with Crippen molar-refractivity contribution in [2.24, 2.45) is 5.73 Å². The van der Waals surface area contributed by atoms with E-state index in [1.807, 2.05) is 0 Å². The molecule has 0 spiro atoms. The topological polar surface area (TPSA) is 65.6 Å². The third-order valence-electron chi connectivity index (χ3n) is 4.75. The van der Waals surface area contributed by atoms with Crippen LogP contribution in [0, 0.1) is 32.1 Å². The van der Waals surface area contributed by atoms with E-state index in [0.717, 1.165) is 5.69 Å². The fraction of sp³-hybridized carbons (Fsp3) is 0.389. The number of nitriles is 1. The fourth-order valence-electron chi connectivity index (χ4n) is 3.12. The van der Waals surface area contributed by atoms with Gasteiger partial charge in [0, 0.05) is 17.8 Å². The summed E-state index contributed by atoms with van der Waals surface area (Å²) >= 11 is 0. The van der Waals surface area contributed by atoms with E-state index in [-0.39, 0.29) is 0 Å². The zero-order chi connectivity index (χ0) is 15.1. The first kappa shape index (κ1) is 13.9. The van der Waals surface area contributed by atoms with Crippen LogP contribution in [0.1, 0.15) is 52.4 Å². The van der Waals surface area contributed by atoms with Crippen molar-refractivity contribution in [1.82, 2.24) is 4.98 Å². The minimum absolute atomic E-state index is 0.434. The Morgan fingerprint density at radius 2 is 1.95 bits per heavy atom. The number of aryl methyl sites for hydroxylation is 1. The number of aromatic nitrogens is 1. The Balaban J connectivity index is 2.29. The van der Waals surface area contributed by atoms with Crippen LogP contribution in [0.4, 0.5) is 0 Å². The quantitative estimate of drug-likeness (QED) is 0.897. The summed E-state index contributed by atoms with van der Waals surface area (Å²) in [6, 6.07) is 6.65. The molecule has 3 heteroatoms. The summed E-state index contributed by atoms with van der Waals surface area (Å²) in [6.07, 6.45) is 2.35. The van der Waals surface area contributed by atoms with Crippen LogP contribution in [0.5, 0.6) is 0 Å². The lowest BCUT2D eigenvalue weighted by atomic mass is 9.90. The van der Waals surface area contributed by atoms with Crippen LogP contribution in [0.15, 0.2) is 12.1 Å². The minimum Gasteiger partial charge on any atom is -0.348 e. The second-order valence-corrected chi connectivity index (χ2v) is 6.04. The molecular weight excluding hydrogens is 258 g/mol. The van der Waals surface area contributed by atoms with Gasteiger partial charge in [-0.25, -0.2) is 0 Å². The number of H-pyrrole nitrogens is 1. The second-order valence-electron chi connectivity index (χ2n) is 6.04. The monoisotopic (exact) mass is 279 g/mol. The highest BCUT2D eigenvalue weighted by molar-refractivity contribution is 5.78. The summed E-state index contributed by atoms with van der Waals surface area (Å²) in [5.74, 6) is 0.521. The molecule has 3 N–H and O–H groups in total. The molecule has 0 unspecified atom stereocenters. The SMILES string of the molecule is Cc1ccc(-c2c(CN)[nH]c(C#N)c2C2CC2)c(C)c1C. The highest BCUT2D eigenvalue weighted by Crippen LogP contribution is 2.48. The minimum atomic E-state index is 0.434. The standard InChI is InChI=1S/C18H21N3/c1-10-4-7-14(12(3)11(10)2)18-16(9-20)21-15(8-19)17(18)13-5-6-13/h4,7,13,21H,5-6,9,20H2,1-3H3. The molecule has 108 valence electrons. The number of nitrogens with zero attached hydrogens (tertiary/aromatic N) is 1. The molecule has 0 aliphatic heterocycles. The van der Waals surface area contributed by atoms with Gasteiger partial charge in [0.15, 0.2) is 0 Å². The van der Waals surface area contributed by atoms with Gasteiger partial charge in [-0.2, -0.15) is 5.26 Å². The van der Waals surface area contributed by atoms with Crippen LogP contribution in [-0.4, -0.2) is 4.98 Å². The van der Waals surface area contributed by atoms with Crippen LogP contribution in [0.25, 0.3) is 11.1 Å². The maximum absolute atomic E-state index is 9.42. The largest absolute Gasteiger partial charge is 0.348 e. The predicted octanol–water partition coefficient (Wildman–Crippen LogP) is 3.81. The van der Waals surface area contributed by atoms with E-state index in [4.69, 9.17) is 5.73 Å². The molecule has 21 heavy (non-hydrogen) atoms. The van der Waals surface area contributed by atoms with E-state index in [0.29, 0.717) is 18.2 Å². The molecule has 2 aromatic rings. The van der Waals surface area contributed by atoms with Crippen LogP contribution in [-0.2, 0) is 6.54 Å². The number of hydrogen-bond donors (Lipinski definition) is 2. The molecule has 3 rings (SSSR count). The highest BCUT2D eigenvalue weighted by Gasteiger charge is 2.32. The van der Waals surface area contributed by atoms with E-state index in [1.165, 1.54) is 46.2 Å². The molecule has 0 bridgehead atoms. The third kappa shape index (κ3) is 2.16. The Morgan fingerprint density at radius 3 is 2.52 bits per heavy atom. The average molecular weight is 279 g/mol. The summed E-state index contributed by atoms with van der Waals surface area (Å²) in [5.41, 5.74) is 15.1. The van der Waals surface area contributed by atoms with Crippen LogP contribution < -0.4 is 5.73 Å². The normalized spacial score (nSPS) is 14.2. The fourth-order valence-corrected chi connectivity index (χ4v) is 3.12. The van der Waals surface area contributed by atoms with Crippen molar-refractivity contribution in [3.63, 3.8) is 0 Å². The summed E-state index contributed by atoms with van der Waals surface area (Å²) < 4.78 is 0. The lowest BCUT2D eigenvalue weighted by Crippen LogP contribution is -2.00. The number of benzene rings is 1. The van der Waals surface area contributed by atoms with E-state index >= 15 is 0 Å². The van der Waals surface area contributed by atoms with Crippen molar-refractivity contribution >= 4 is 0 Å². The van der Waals surface area contributed by atoms with Crippen LogP contribution in [0.2, 0.25) is 0 Å². The average Bonchev–Trinajstić information content (AvgIpc) is 3.26. The molecular formula is C18H21N3. The molecule has 1 saturated carbocycles. The molecule has 1 aliphatic rings. The number of rotatable bonds is 3. The summed E-state index contributed by atoms with van der Waals surface area (Å²) in [6.45, 7) is 6.89. The van der Waals surface area contributed by atoms with E-state index < -0.39 is 0 Å². The lowest BCUT2D eigenvalue weighted by Gasteiger charge is -2.14. The van der Waals surface area contributed by atoms with Gasteiger partial charge in [-0.05, 0) is 67.3 Å². The van der Waals surface area contributed by atoms with Gasteiger partial charge >= 0.3 is 0 Å². The molecule has 0 amide bonds. The van der Waals surface area contributed by atoms with Crippen LogP contribution in [0.3, 0.4) is 0 Å². The van der Waals surface area contributed by atoms with Gasteiger partial charge in [0.2, 0.25) is 0 Å². The van der Waals surface area contributed by atoms with Gasteiger partial charge < -0.3 is 10.7 Å². The van der Waals surface area contributed by atoms with E-state index in [2.05, 4.69) is 44.0 Å². The van der Waals surface area contributed by atoms with E-state index in [9.17, 15) is 5.26 Å². The first-order chi connectivity index (χ1) is 10.1. The second kappa shape index (κ2) is 5.05. The Kier molecular flexibility index (Phi) is 3.35. The highest BCUT2D eigenvalue weighted by atomic mass is 14.8. The van der Waals surface area contributed by atoms with Gasteiger partial charge in [0.1, 0.15) is 11.8 Å². The van der Waals surface area contributed by atoms with Crippen molar-refractivity contribution in [3.05, 3.63) is 45.8 Å². The Morgan fingerprint density at radius 1 is 1.24 bits per heavy atom. The molecule has 0 radical (unpaired) electrons. The molecule has 1 aliphatic carbocycles. The first-order valence-electron chi connectivity index (χ1n) is 7.50. The van der Waals surface area contributed by atoms with Gasteiger partial charge in [-0.1, -0.05) is 12.1 Å². The lowest BCUT2D eigenvalue weighted by molar-refractivity contribution is 1.01. The number of nitrogens with two attached hydrogens (primary N) is 1. The predicted molar refractivity (Wildman–Crippen MR) is 85.0 cm³/mol. The maximum Gasteiger partial charge on any atom is 0.121 e. The number of nitrogens with one attached hydrogen (secondary N) is 1. The Labute approximate surface area is 125 Å². The molecule has 1 heterocycles. The Hall–Kier alpha value is -2.05. The van der Waals surface area contributed by atoms with Crippen LogP contribution >= 0.6 is 0 Å². The smallest absolute Gasteiger partial charge is 0.121 e. The van der Waals surface area contributed by atoms with Crippen molar-refractivity contribution < 1.29 is 0 Å². The van der Waals surface area contributed by atoms with Crippen molar-refractivity contribution in [1.29, 1.82) is 5.26 Å². The molecule has 3 nitrogen and oxygen atoms in total. The van der Waals surface area contributed by atoms with Crippen molar-refractivity contribution in [3.8, 4) is 17.2 Å². The van der Waals surface area contributed by atoms with Gasteiger partial charge in [0.05, 0.1) is 0 Å². The summed E-state index contributed by atoms with van der Waals surface area (Å²) in [7, 11) is 0. The zero-order valence-electron chi connectivity index (χ0n) is 12.9. The first-order valence-corrected chi connectivity index (χ1v) is 7.50. The van der Waals surface area contributed by atoms with Crippen molar-refractivity contribution in [2.45, 2.75) is 46.1 Å². The third-order valence-corrected chi connectivity index (χ3v) is 4.75. The molecule has 0 saturated heterocycles. The van der Waals surface area contributed by atoms with Gasteiger partial charge in [-0.15, -0.1) is 0 Å². The summed E-state index contributed by atoms with van der Waals surface area (Å²) in [4.78, 5) is 3.24. The van der Waals surface area contributed by atoms with Gasteiger partial charge in [-0.3, -0.25) is 0 Å². The number of hydrogen-bond acceptors (Lipinski definition) is 2. The molecule has 1 aromatic heterocycles. The number of aromatic amines is 1. The molecule has 1 aromatic carbocycles. The molecule has 0 atom stereocenters.